The molecule has 0 bridgehead atoms. The maximum atomic E-state index is 12.8. The highest BCUT2D eigenvalue weighted by molar-refractivity contribution is 5.97. The Balaban J connectivity index is 5.69. The number of rotatable bonds is 17. The molecule has 0 aromatic rings. The van der Waals surface area contributed by atoms with Gasteiger partial charge in [0, 0.05) is 6.54 Å². The Bertz CT molecular complexity index is 889. The van der Waals surface area contributed by atoms with Gasteiger partial charge in [0.1, 0.15) is 18.1 Å². The lowest BCUT2D eigenvalue weighted by Crippen LogP contribution is -2.58. The van der Waals surface area contributed by atoms with Crippen LogP contribution in [0.25, 0.3) is 0 Å². The zero-order chi connectivity index (χ0) is 28.0. The van der Waals surface area contributed by atoms with Gasteiger partial charge in [-0.2, -0.15) is 0 Å². The molecule has 18 nitrogen and oxygen atoms in total. The first kappa shape index (κ1) is 31.5. The molecular weight excluding hydrogens is 486 g/mol. The highest BCUT2D eigenvalue weighted by Crippen LogP contribution is 2.04. The van der Waals surface area contributed by atoms with Crippen LogP contribution in [-0.2, 0) is 33.6 Å². The quantitative estimate of drug-likeness (QED) is 0.0489. The lowest BCUT2D eigenvalue weighted by molar-refractivity contribution is -0.144. The topological polar surface area (TPSA) is 338 Å². The van der Waals surface area contributed by atoms with Crippen LogP contribution in [0.5, 0.6) is 0 Å². The summed E-state index contributed by atoms with van der Waals surface area (Å²) in [6, 6.07) is -6.36. The molecule has 0 rings (SSSR count). The molecule has 5 amide bonds. The van der Waals surface area contributed by atoms with E-state index in [9.17, 15) is 38.7 Å². The van der Waals surface area contributed by atoms with Gasteiger partial charge in [0.2, 0.25) is 29.5 Å². The third-order valence-corrected chi connectivity index (χ3v) is 4.37. The van der Waals surface area contributed by atoms with Crippen molar-refractivity contribution in [3.8, 4) is 0 Å². The van der Waals surface area contributed by atoms with E-state index in [4.69, 9.17) is 33.8 Å². The molecule has 0 fully saturated rings. The molecular formula is C18H31N9O9. The summed E-state index contributed by atoms with van der Waals surface area (Å²) in [7, 11) is 0. The van der Waals surface area contributed by atoms with Crippen molar-refractivity contribution < 1.29 is 43.8 Å². The van der Waals surface area contributed by atoms with Crippen LogP contribution in [0.1, 0.15) is 32.1 Å². The van der Waals surface area contributed by atoms with E-state index in [0.29, 0.717) is 0 Å². The lowest BCUT2D eigenvalue weighted by atomic mass is 10.1. The number of primary amides is 2. The first-order chi connectivity index (χ1) is 16.6. The van der Waals surface area contributed by atoms with Gasteiger partial charge in [-0.15, -0.1) is 0 Å². The average Bonchev–Trinajstić information content (AvgIpc) is 2.73. The molecule has 0 saturated carbocycles. The number of nitrogens with zero attached hydrogens (tertiary/aromatic N) is 1. The van der Waals surface area contributed by atoms with Crippen molar-refractivity contribution in [1.29, 1.82) is 0 Å². The summed E-state index contributed by atoms with van der Waals surface area (Å²) in [6.45, 7) is 0.0249. The number of carbonyl (C=O) groups is 7. The van der Waals surface area contributed by atoms with E-state index < -0.39 is 84.9 Å². The monoisotopic (exact) mass is 517 g/mol. The van der Waals surface area contributed by atoms with Crippen LogP contribution < -0.4 is 44.6 Å². The van der Waals surface area contributed by atoms with Crippen LogP contribution >= 0.6 is 0 Å². The number of aliphatic carboxylic acids is 2. The summed E-state index contributed by atoms with van der Waals surface area (Å²) in [5, 5.41) is 24.3. The van der Waals surface area contributed by atoms with Crippen molar-refractivity contribution in [2.45, 2.75) is 56.3 Å². The molecule has 0 heterocycles. The van der Waals surface area contributed by atoms with Gasteiger partial charge < -0.3 is 54.8 Å². The number of carboxylic acids is 2. The Labute approximate surface area is 204 Å². The zero-order valence-electron chi connectivity index (χ0n) is 19.1. The molecule has 0 aliphatic carbocycles. The van der Waals surface area contributed by atoms with E-state index in [1.807, 2.05) is 0 Å². The van der Waals surface area contributed by atoms with Crippen molar-refractivity contribution in [2.75, 3.05) is 6.54 Å². The average molecular weight is 518 g/mol. The summed E-state index contributed by atoms with van der Waals surface area (Å²) in [5.41, 5.74) is 26.0. The highest BCUT2D eigenvalue weighted by Gasteiger charge is 2.31. The minimum atomic E-state index is -1.71. The second-order valence-electron chi connectivity index (χ2n) is 7.52. The van der Waals surface area contributed by atoms with Gasteiger partial charge in [0.15, 0.2) is 5.96 Å². The molecule has 0 aromatic carbocycles. The van der Waals surface area contributed by atoms with Crippen molar-refractivity contribution >= 4 is 47.4 Å². The van der Waals surface area contributed by atoms with Crippen LogP contribution in [-0.4, -0.2) is 88.4 Å². The molecule has 18 heteroatoms. The van der Waals surface area contributed by atoms with Gasteiger partial charge in [-0.1, -0.05) is 0 Å². The van der Waals surface area contributed by atoms with Gasteiger partial charge in [0.05, 0.1) is 25.3 Å². The standard InChI is InChI=1S/C18H31N9O9/c19-7(4-13(30)31)14(32)26-9(5-11(20)28)16(34)25-8(2-1-3-24-18(22)23)15(33)27-10(17(35)36)6-12(21)29/h7-10H,1-6,19H2,(H2,20,28)(H2,21,29)(H,25,34)(H,26,32)(H,27,33)(H,30,31)(H,35,36)(H4,22,23,24). The fourth-order valence-corrected chi connectivity index (χ4v) is 2.69. The fourth-order valence-electron chi connectivity index (χ4n) is 2.69. The van der Waals surface area contributed by atoms with Gasteiger partial charge in [0.25, 0.3) is 0 Å². The minimum Gasteiger partial charge on any atom is -0.481 e. The Kier molecular flexibility index (Phi) is 13.5. The molecule has 0 radical (unpaired) electrons. The van der Waals surface area contributed by atoms with Crippen LogP contribution in [0.2, 0.25) is 0 Å². The van der Waals surface area contributed by atoms with Gasteiger partial charge in [-0.3, -0.25) is 33.8 Å². The fraction of sp³-hybridized carbons (Fsp3) is 0.556. The Morgan fingerprint density at radius 2 is 1.17 bits per heavy atom. The predicted octanol–water partition coefficient (Wildman–Crippen LogP) is -5.87. The lowest BCUT2D eigenvalue weighted by Gasteiger charge is -2.24. The highest BCUT2D eigenvalue weighted by atomic mass is 16.4. The first-order valence-electron chi connectivity index (χ1n) is 10.4. The van der Waals surface area contributed by atoms with E-state index in [1.165, 1.54) is 0 Å². The van der Waals surface area contributed by atoms with E-state index in [-0.39, 0.29) is 25.3 Å². The van der Waals surface area contributed by atoms with Gasteiger partial charge in [-0.25, -0.2) is 4.79 Å². The molecule has 0 aliphatic rings. The Morgan fingerprint density at radius 1 is 0.694 bits per heavy atom. The Morgan fingerprint density at radius 3 is 1.64 bits per heavy atom. The maximum Gasteiger partial charge on any atom is 0.326 e. The van der Waals surface area contributed by atoms with E-state index in [2.05, 4.69) is 20.9 Å². The van der Waals surface area contributed by atoms with Crippen molar-refractivity contribution in [1.82, 2.24) is 16.0 Å². The van der Waals surface area contributed by atoms with Crippen molar-refractivity contribution in [2.24, 2.45) is 33.7 Å². The number of hydrogen-bond acceptors (Lipinski definition) is 9. The molecule has 4 atom stereocenters. The van der Waals surface area contributed by atoms with Crippen LogP contribution in [0.4, 0.5) is 0 Å². The van der Waals surface area contributed by atoms with E-state index >= 15 is 0 Å². The molecule has 15 N–H and O–H groups in total. The first-order valence-corrected chi connectivity index (χ1v) is 10.4. The summed E-state index contributed by atoms with van der Waals surface area (Å²) >= 11 is 0. The van der Waals surface area contributed by atoms with E-state index in [0.717, 1.165) is 0 Å². The minimum absolute atomic E-state index is 0.0249. The summed E-state index contributed by atoms with van der Waals surface area (Å²) in [5.74, 6) is -8.45. The van der Waals surface area contributed by atoms with Gasteiger partial charge >= 0.3 is 11.9 Å². The predicted molar refractivity (Wildman–Crippen MR) is 121 cm³/mol. The number of nitrogens with two attached hydrogens (primary N) is 5. The number of carbonyl (C=O) groups excluding carboxylic acids is 5. The van der Waals surface area contributed by atoms with Crippen LogP contribution in [0, 0.1) is 0 Å². The number of nitrogens with one attached hydrogen (secondary N) is 3. The third-order valence-electron chi connectivity index (χ3n) is 4.37. The molecule has 0 aromatic heterocycles. The summed E-state index contributed by atoms with van der Waals surface area (Å²) in [6.07, 6.45) is -2.28. The van der Waals surface area contributed by atoms with Gasteiger partial charge in [-0.05, 0) is 12.8 Å². The zero-order valence-corrected chi connectivity index (χ0v) is 19.1. The van der Waals surface area contributed by atoms with Crippen molar-refractivity contribution in [3.63, 3.8) is 0 Å². The number of aliphatic imine (C=N–C) groups is 1. The summed E-state index contributed by atoms with van der Waals surface area (Å²) < 4.78 is 0. The molecule has 0 spiro atoms. The molecule has 36 heavy (non-hydrogen) atoms. The number of carboxylic acid groups (broad SMARTS) is 2. The second kappa shape index (κ2) is 15.4. The number of hydrogen-bond donors (Lipinski definition) is 10. The normalized spacial score (nSPS) is 13.7. The second-order valence-corrected chi connectivity index (χ2v) is 7.52. The van der Waals surface area contributed by atoms with E-state index in [1.54, 1.807) is 0 Å². The molecule has 202 valence electrons. The molecule has 0 saturated heterocycles. The smallest absolute Gasteiger partial charge is 0.326 e. The maximum absolute atomic E-state index is 12.8. The van der Waals surface area contributed by atoms with Crippen molar-refractivity contribution in [3.05, 3.63) is 0 Å². The number of amides is 5. The Hall–Kier alpha value is -4.48. The molecule has 4 unspecified atom stereocenters. The summed E-state index contributed by atoms with van der Waals surface area (Å²) in [4.78, 5) is 85.9. The number of guanidine groups is 1. The third kappa shape index (κ3) is 13.3. The van der Waals surface area contributed by atoms with Crippen LogP contribution in [0.15, 0.2) is 4.99 Å². The molecule has 0 aliphatic heterocycles. The largest absolute Gasteiger partial charge is 0.481 e. The van der Waals surface area contributed by atoms with Crippen LogP contribution in [0.3, 0.4) is 0 Å². The SMILES string of the molecule is NC(=O)CC(NC(=O)C(CCCN=C(N)N)NC(=O)C(CC(N)=O)NC(=O)C(N)CC(=O)O)C(=O)O.